The summed E-state index contributed by atoms with van der Waals surface area (Å²) < 4.78 is 2.55. The van der Waals surface area contributed by atoms with E-state index in [1.54, 1.807) is 0 Å². The summed E-state index contributed by atoms with van der Waals surface area (Å²) in [6.07, 6.45) is 6.67. The minimum atomic E-state index is 0.116. The summed E-state index contributed by atoms with van der Waals surface area (Å²) in [7, 11) is 0. The molecule has 0 bridgehead atoms. The van der Waals surface area contributed by atoms with Gasteiger partial charge in [0.25, 0.3) is 0 Å². The van der Waals surface area contributed by atoms with Crippen molar-refractivity contribution in [1.29, 1.82) is 0 Å². The zero-order valence-corrected chi connectivity index (χ0v) is 17.2. The maximum atomic E-state index is 6.69. The number of nitrogens with zero attached hydrogens (tertiary/aromatic N) is 2. The van der Waals surface area contributed by atoms with Gasteiger partial charge in [0.15, 0.2) is 0 Å². The van der Waals surface area contributed by atoms with Crippen molar-refractivity contribution in [2.75, 3.05) is 11.1 Å². The minimum absolute atomic E-state index is 0.116. The molecule has 2 heterocycles. The van der Waals surface area contributed by atoms with Crippen LogP contribution in [0.15, 0.2) is 35.5 Å². The number of rotatable bonds is 4. The Kier molecular flexibility index (Phi) is 5.24. The van der Waals surface area contributed by atoms with Gasteiger partial charge < -0.3 is 15.6 Å². The van der Waals surface area contributed by atoms with Crippen LogP contribution in [-0.4, -0.2) is 9.55 Å². The molecular formula is C21H25ClN4S. The van der Waals surface area contributed by atoms with E-state index in [2.05, 4.69) is 24.4 Å². The van der Waals surface area contributed by atoms with E-state index in [0.717, 1.165) is 54.4 Å². The molecule has 3 N–H and O–H groups in total. The first-order valence-corrected chi connectivity index (χ1v) is 10.5. The van der Waals surface area contributed by atoms with Crippen LogP contribution in [0.5, 0.6) is 0 Å². The summed E-state index contributed by atoms with van der Waals surface area (Å²) in [6.45, 7) is 2.98. The molecule has 1 aromatic heterocycles. The van der Waals surface area contributed by atoms with Crippen LogP contribution in [0, 0.1) is 4.77 Å². The highest BCUT2D eigenvalue weighted by Gasteiger charge is 2.34. The molecule has 0 amide bonds. The first kappa shape index (κ1) is 18.5. The Bertz CT molecular complexity index is 946. The molecule has 2 aromatic rings. The van der Waals surface area contributed by atoms with E-state index in [9.17, 15) is 0 Å². The van der Waals surface area contributed by atoms with Crippen molar-refractivity contribution < 1.29 is 0 Å². The predicted molar refractivity (Wildman–Crippen MR) is 115 cm³/mol. The molecule has 2 aliphatic rings. The Labute approximate surface area is 170 Å². The van der Waals surface area contributed by atoms with E-state index in [-0.39, 0.29) is 5.92 Å². The number of hydrogen-bond acceptors (Lipinski definition) is 4. The summed E-state index contributed by atoms with van der Waals surface area (Å²) >= 11 is 11.7. The van der Waals surface area contributed by atoms with Gasteiger partial charge in [0.05, 0.1) is 0 Å². The van der Waals surface area contributed by atoms with Crippen LogP contribution in [0.25, 0.3) is 0 Å². The number of nitrogens with one attached hydrogen (secondary N) is 1. The second kappa shape index (κ2) is 7.64. The van der Waals surface area contributed by atoms with E-state index in [1.165, 1.54) is 29.7 Å². The zero-order valence-electron chi connectivity index (χ0n) is 15.6. The van der Waals surface area contributed by atoms with Gasteiger partial charge in [-0.2, -0.15) is 0 Å². The molecule has 1 aliphatic heterocycles. The van der Waals surface area contributed by atoms with Gasteiger partial charge in [-0.15, -0.1) is 0 Å². The number of unbranched alkanes of at least 4 members (excludes halogenated alkanes) is 1. The quantitative estimate of drug-likeness (QED) is 0.615. The summed E-state index contributed by atoms with van der Waals surface area (Å²) in [6, 6.07) is 8.13. The lowest BCUT2D eigenvalue weighted by Crippen LogP contribution is -2.26. The molecule has 142 valence electrons. The first-order valence-electron chi connectivity index (χ1n) is 9.74. The smallest absolute Gasteiger partial charge is 0.203 e. The standard InChI is InChI=1S/C21H25ClN4S/c1-2-3-12-26-19(23)18-17(13-8-10-14(22)11-9-13)15-6-4-5-7-16(15)24-20(18)25-21(26)27/h8-11,17H,2-7,12,23H2,1H3,(H,24,25,27). The van der Waals surface area contributed by atoms with Crippen LogP contribution in [0.4, 0.5) is 11.6 Å². The van der Waals surface area contributed by atoms with Gasteiger partial charge in [-0.25, -0.2) is 4.98 Å². The number of benzene rings is 1. The van der Waals surface area contributed by atoms with Gasteiger partial charge in [-0.05, 0) is 67.6 Å². The Morgan fingerprint density at radius 1 is 1.26 bits per heavy atom. The van der Waals surface area contributed by atoms with Crippen LogP contribution in [0.2, 0.25) is 5.02 Å². The molecule has 0 saturated carbocycles. The fraction of sp³-hybridized carbons (Fsp3) is 0.429. The molecular weight excluding hydrogens is 376 g/mol. The largest absolute Gasteiger partial charge is 0.385 e. The van der Waals surface area contributed by atoms with E-state index in [1.807, 2.05) is 16.7 Å². The molecule has 1 atom stereocenters. The highest BCUT2D eigenvalue weighted by Crippen LogP contribution is 2.47. The summed E-state index contributed by atoms with van der Waals surface area (Å²) in [5.41, 5.74) is 11.7. The molecule has 1 unspecified atom stereocenters. The van der Waals surface area contributed by atoms with Crippen LogP contribution in [0.3, 0.4) is 0 Å². The average Bonchev–Trinajstić information content (AvgIpc) is 2.67. The average molecular weight is 401 g/mol. The number of halogens is 1. The molecule has 1 aromatic carbocycles. The summed E-state index contributed by atoms with van der Waals surface area (Å²) in [4.78, 5) is 4.74. The first-order chi connectivity index (χ1) is 13.1. The molecule has 4 rings (SSSR count). The Morgan fingerprint density at radius 2 is 2.00 bits per heavy atom. The fourth-order valence-corrected chi connectivity index (χ4v) is 4.64. The van der Waals surface area contributed by atoms with Gasteiger partial charge in [0.1, 0.15) is 11.6 Å². The maximum Gasteiger partial charge on any atom is 0.203 e. The van der Waals surface area contributed by atoms with Crippen molar-refractivity contribution in [3.8, 4) is 0 Å². The van der Waals surface area contributed by atoms with Crippen molar-refractivity contribution >= 4 is 35.5 Å². The topological polar surface area (TPSA) is 55.9 Å². The molecule has 1 aliphatic carbocycles. The number of aromatic nitrogens is 2. The number of allylic oxidation sites excluding steroid dienone is 2. The highest BCUT2D eigenvalue weighted by atomic mass is 35.5. The van der Waals surface area contributed by atoms with Crippen LogP contribution < -0.4 is 11.1 Å². The normalized spacial score (nSPS) is 18.7. The van der Waals surface area contributed by atoms with E-state index < -0.39 is 0 Å². The number of nitrogens with two attached hydrogens (primary N) is 1. The Morgan fingerprint density at radius 3 is 2.74 bits per heavy atom. The van der Waals surface area contributed by atoms with E-state index >= 15 is 0 Å². The lowest BCUT2D eigenvalue weighted by Gasteiger charge is -2.35. The number of fused-ring (bicyclic) bond motifs is 1. The van der Waals surface area contributed by atoms with Gasteiger partial charge in [0, 0.05) is 28.7 Å². The zero-order chi connectivity index (χ0) is 19.0. The second-order valence-corrected chi connectivity index (χ2v) is 8.17. The molecule has 0 fully saturated rings. The van der Waals surface area contributed by atoms with Crippen LogP contribution in [-0.2, 0) is 6.54 Å². The third-order valence-corrected chi connectivity index (χ3v) is 6.18. The number of nitrogen functional groups attached to an aromatic ring is 1. The SMILES string of the molecule is CCCCn1c(N)c2c(nc1=S)NC1=C(CCCC1)C2c1ccc(Cl)cc1. The Hall–Kier alpha value is -1.85. The van der Waals surface area contributed by atoms with Crippen molar-refractivity contribution in [3.05, 3.63) is 56.5 Å². The van der Waals surface area contributed by atoms with Gasteiger partial charge in [0.2, 0.25) is 4.77 Å². The van der Waals surface area contributed by atoms with Crippen LogP contribution in [0.1, 0.15) is 62.5 Å². The van der Waals surface area contributed by atoms with E-state index in [0.29, 0.717) is 4.77 Å². The molecule has 0 radical (unpaired) electrons. The number of hydrogen-bond donors (Lipinski definition) is 2. The summed E-state index contributed by atoms with van der Waals surface area (Å²) in [5.74, 6) is 1.68. The molecule has 27 heavy (non-hydrogen) atoms. The maximum absolute atomic E-state index is 6.69. The summed E-state index contributed by atoms with van der Waals surface area (Å²) in [5, 5.41) is 4.30. The van der Waals surface area contributed by atoms with Gasteiger partial charge >= 0.3 is 0 Å². The highest BCUT2D eigenvalue weighted by molar-refractivity contribution is 7.71. The molecule has 0 spiro atoms. The minimum Gasteiger partial charge on any atom is -0.385 e. The van der Waals surface area contributed by atoms with Crippen molar-refractivity contribution in [2.45, 2.75) is 57.9 Å². The van der Waals surface area contributed by atoms with Crippen LogP contribution >= 0.6 is 23.8 Å². The van der Waals surface area contributed by atoms with Crippen molar-refractivity contribution in [2.24, 2.45) is 0 Å². The van der Waals surface area contributed by atoms with E-state index in [4.69, 9.17) is 34.5 Å². The fourth-order valence-electron chi connectivity index (χ4n) is 4.23. The lowest BCUT2D eigenvalue weighted by molar-refractivity contribution is 0.602. The third kappa shape index (κ3) is 3.39. The molecule has 4 nitrogen and oxygen atoms in total. The molecule has 6 heteroatoms. The van der Waals surface area contributed by atoms with Crippen molar-refractivity contribution in [3.63, 3.8) is 0 Å². The predicted octanol–water partition coefficient (Wildman–Crippen LogP) is 6.03. The van der Waals surface area contributed by atoms with Gasteiger partial charge in [-0.1, -0.05) is 37.1 Å². The number of anilines is 2. The Balaban J connectivity index is 1.91. The molecule has 0 saturated heterocycles. The lowest BCUT2D eigenvalue weighted by atomic mass is 9.77. The third-order valence-electron chi connectivity index (χ3n) is 5.62. The van der Waals surface area contributed by atoms with Crippen molar-refractivity contribution in [1.82, 2.24) is 9.55 Å². The second-order valence-electron chi connectivity index (χ2n) is 7.37. The van der Waals surface area contributed by atoms with Gasteiger partial charge in [-0.3, -0.25) is 0 Å². The monoisotopic (exact) mass is 400 g/mol.